The van der Waals surface area contributed by atoms with Gasteiger partial charge in [0.15, 0.2) is 9.84 Å². The van der Waals surface area contributed by atoms with Crippen LogP contribution >= 0.6 is 0 Å². The first-order valence-electron chi connectivity index (χ1n) is 5.64. The zero-order valence-corrected chi connectivity index (χ0v) is 11.0. The molecule has 0 bridgehead atoms. The van der Waals surface area contributed by atoms with Crippen molar-refractivity contribution in [2.24, 2.45) is 0 Å². The van der Waals surface area contributed by atoms with Gasteiger partial charge in [0.25, 0.3) is 0 Å². The van der Waals surface area contributed by atoms with Crippen LogP contribution in [0, 0.1) is 0 Å². The molecule has 6 heteroatoms. The van der Waals surface area contributed by atoms with Crippen LogP contribution < -0.4 is 0 Å². The van der Waals surface area contributed by atoms with E-state index in [2.05, 4.69) is 9.97 Å². The van der Waals surface area contributed by atoms with Crippen LogP contribution in [-0.2, 0) is 9.84 Å². The summed E-state index contributed by atoms with van der Waals surface area (Å²) >= 11 is 0. The maximum absolute atomic E-state index is 11.4. The highest BCUT2D eigenvalue weighted by Gasteiger charge is 2.08. The van der Waals surface area contributed by atoms with Crippen molar-refractivity contribution in [3.05, 3.63) is 48.9 Å². The van der Waals surface area contributed by atoms with Gasteiger partial charge in [0.2, 0.25) is 5.78 Å². The van der Waals surface area contributed by atoms with Gasteiger partial charge < -0.3 is 0 Å². The fraction of sp³-hybridized carbons (Fsp3) is 0.0769. The van der Waals surface area contributed by atoms with Crippen LogP contribution in [-0.4, -0.2) is 29.0 Å². The van der Waals surface area contributed by atoms with Crippen molar-refractivity contribution in [3.8, 4) is 11.3 Å². The minimum Gasteiger partial charge on any atom is -0.291 e. The standard InChI is InChI=1S/C13H11N3O2S/c1-19(17,18)11-5-3-10(4-6-11)12-9-16-8-2-7-14-13(16)15-12/h2-9H,1H3. The number of sulfone groups is 1. The van der Waals surface area contributed by atoms with E-state index in [1.807, 2.05) is 22.9 Å². The van der Waals surface area contributed by atoms with Gasteiger partial charge in [0.1, 0.15) is 0 Å². The molecule has 5 nitrogen and oxygen atoms in total. The van der Waals surface area contributed by atoms with E-state index < -0.39 is 9.84 Å². The summed E-state index contributed by atoms with van der Waals surface area (Å²) in [5.74, 6) is 0.615. The Hall–Kier alpha value is -2.21. The fourth-order valence-corrected chi connectivity index (χ4v) is 2.47. The van der Waals surface area contributed by atoms with Crippen molar-refractivity contribution >= 4 is 15.6 Å². The van der Waals surface area contributed by atoms with Crippen LogP contribution in [0.5, 0.6) is 0 Å². The van der Waals surface area contributed by atoms with Gasteiger partial charge in [-0.15, -0.1) is 0 Å². The lowest BCUT2D eigenvalue weighted by molar-refractivity contribution is 0.602. The number of fused-ring (bicyclic) bond motifs is 1. The molecule has 0 N–H and O–H groups in total. The summed E-state index contributed by atoms with van der Waals surface area (Å²) in [6.07, 6.45) is 6.59. The molecule has 0 amide bonds. The first-order chi connectivity index (χ1) is 9.04. The Labute approximate surface area is 110 Å². The summed E-state index contributed by atoms with van der Waals surface area (Å²) in [5, 5.41) is 0. The molecular weight excluding hydrogens is 262 g/mol. The molecule has 0 saturated heterocycles. The van der Waals surface area contributed by atoms with Gasteiger partial charge in [-0.3, -0.25) is 4.40 Å². The van der Waals surface area contributed by atoms with Crippen LogP contribution in [0.15, 0.2) is 53.8 Å². The molecular formula is C13H11N3O2S. The van der Waals surface area contributed by atoms with Crippen LogP contribution in [0.3, 0.4) is 0 Å². The van der Waals surface area contributed by atoms with E-state index in [1.54, 1.807) is 30.5 Å². The largest absolute Gasteiger partial charge is 0.291 e. The van der Waals surface area contributed by atoms with E-state index in [-0.39, 0.29) is 0 Å². The Morgan fingerprint density at radius 1 is 1.16 bits per heavy atom. The van der Waals surface area contributed by atoms with E-state index in [1.165, 1.54) is 6.26 Å². The summed E-state index contributed by atoms with van der Waals surface area (Å²) in [4.78, 5) is 8.82. The van der Waals surface area contributed by atoms with Crippen molar-refractivity contribution in [1.29, 1.82) is 0 Å². The third kappa shape index (κ3) is 2.22. The molecule has 0 radical (unpaired) electrons. The smallest absolute Gasteiger partial charge is 0.234 e. The number of benzene rings is 1. The first-order valence-corrected chi connectivity index (χ1v) is 7.53. The van der Waals surface area contributed by atoms with E-state index in [0.29, 0.717) is 10.7 Å². The second kappa shape index (κ2) is 4.17. The summed E-state index contributed by atoms with van der Waals surface area (Å²) in [7, 11) is -3.16. The number of hydrogen-bond donors (Lipinski definition) is 0. The SMILES string of the molecule is CS(=O)(=O)c1ccc(-c2cn3cccnc3n2)cc1. The van der Waals surface area contributed by atoms with Gasteiger partial charge in [-0.2, -0.15) is 0 Å². The van der Waals surface area contributed by atoms with E-state index >= 15 is 0 Å². The predicted octanol–water partition coefficient (Wildman–Crippen LogP) is 1.80. The van der Waals surface area contributed by atoms with Crippen LogP contribution in [0.25, 0.3) is 17.0 Å². The molecule has 3 aromatic rings. The maximum Gasteiger partial charge on any atom is 0.234 e. The van der Waals surface area contributed by atoms with Crippen molar-refractivity contribution in [1.82, 2.24) is 14.4 Å². The molecule has 2 heterocycles. The molecule has 0 saturated carbocycles. The average Bonchev–Trinajstić information content (AvgIpc) is 2.81. The van der Waals surface area contributed by atoms with Crippen molar-refractivity contribution in [2.75, 3.05) is 6.26 Å². The molecule has 0 aliphatic carbocycles. The van der Waals surface area contributed by atoms with Crippen LogP contribution in [0.2, 0.25) is 0 Å². The molecule has 96 valence electrons. The normalized spacial score (nSPS) is 11.8. The summed E-state index contributed by atoms with van der Waals surface area (Å²) in [6.45, 7) is 0. The molecule has 0 fully saturated rings. The molecule has 19 heavy (non-hydrogen) atoms. The maximum atomic E-state index is 11.4. The van der Waals surface area contributed by atoms with Gasteiger partial charge in [0, 0.05) is 30.4 Å². The van der Waals surface area contributed by atoms with Crippen LogP contribution in [0.1, 0.15) is 0 Å². The fourth-order valence-electron chi connectivity index (χ4n) is 1.84. The van der Waals surface area contributed by atoms with Crippen molar-refractivity contribution in [2.45, 2.75) is 4.90 Å². The lowest BCUT2D eigenvalue weighted by Gasteiger charge is -1.99. The van der Waals surface area contributed by atoms with Gasteiger partial charge in [0.05, 0.1) is 10.6 Å². The Bertz CT molecular complexity index is 803. The van der Waals surface area contributed by atoms with Crippen LogP contribution in [0.4, 0.5) is 0 Å². The van der Waals surface area contributed by atoms with E-state index in [9.17, 15) is 8.42 Å². The second-order valence-electron chi connectivity index (χ2n) is 4.25. The second-order valence-corrected chi connectivity index (χ2v) is 6.27. The lowest BCUT2D eigenvalue weighted by Crippen LogP contribution is -1.96. The predicted molar refractivity (Wildman–Crippen MR) is 71.5 cm³/mol. The molecule has 2 aromatic heterocycles. The molecule has 3 rings (SSSR count). The number of rotatable bonds is 2. The van der Waals surface area contributed by atoms with Gasteiger partial charge >= 0.3 is 0 Å². The molecule has 0 atom stereocenters. The van der Waals surface area contributed by atoms with Gasteiger partial charge in [-0.05, 0) is 18.2 Å². The zero-order chi connectivity index (χ0) is 13.5. The number of hydrogen-bond acceptors (Lipinski definition) is 4. The quantitative estimate of drug-likeness (QED) is 0.714. The first kappa shape index (κ1) is 11.9. The Balaban J connectivity index is 2.07. The third-order valence-corrected chi connectivity index (χ3v) is 3.94. The number of aromatic nitrogens is 3. The summed E-state index contributed by atoms with van der Waals surface area (Å²) in [5.41, 5.74) is 1.62. The minimum atomic E-state index is -3.16. The van der Waals surface area contributed by atoms with Crippen molar-refractivity contribution < 1.29 is 8.42 Å². The highest BCUT2D eigenvalue weighted by molar-refractivity contribution is 7.90. The molecule has 0 unspecified atom stereocenters. The Kier molecular flexibility index (Phi) is 2.60. The highest BCUT2D eigenvalue weighted by atomic mass is 32.2. The lowest BCUT2D eigenvalue weighted by atomic mass is 10.2. The zero-order valence-electron chi connectivity index (χ0n) is 10.2. The topological polar surface area (TPSA) is 64.3 Å². The molecule has 1 aromatic carbocycles. The van der Waals surface area contributed by atoms with Gasteiger partial charge in [-0.1, -0.05) is 12.1 Å². The average molecular weight is 273 g/mol. The molecule has 0 aliphatic heterocycles. The monoisotopic (exact) mass is 273 g/mol. The van der Waals surface area contributed by atoms with Crippen molar-refractivity contribution in [3.63, 3.8) is 0 Å². The summed E-state index contributed by atoms with van der Waals surface area (Å²) < 4.78 is 24.6. The third-order valence-electron chi connectivity index (χ3n) is 2.81. The Morgan fingerprint density at radius 2 is 1.89 bits per heavy atom. The summed E-state index contributed by atoms with van der Waals surface area (Å²) in [6, 6.07) is 8.49. The number of nitrogens with zero attached hydrogens (tertiary/aromatic N) is 3. The van der Waals surface area contributed by atoms with E-state index in [0.717, 1.165) is 11.3 Å². The molecule has 0 spiro atoms. The van der Waals surface area contributed by atoms with Gasteiger partial charge in [-0.25, -0.2) is 18.4 Å². The highest BCUT2D eigenvalue weighted by Crippen LogP contribution is 2.20. The van der Waals surface area contributed by atoms with E-state index in [4.69, 9.17) is 0 Å². The Morgan fingerprint density at radius 3 is 2.53 bits per heavy atom. The number of imidazole rings is 1. The molecule has 0 aliphatic rings. The minimum absolute atomic E-state index is 0.304.